The zero-order chi connectivity index (χ0) is 17.9. The molecule has 0 fully saturated rings. The number of benzene rings is 2. The molecule has 1 amide bonds. The molecule has 5 nitrogen and oxygen atoms in total. The second-order valence-corrected chi connectivity index (χ2v) is 8.19. The summed E-state index contributed by atoms with van der Waals surface area (Å²) in [7, 11) is -3.31. The third-order valence-corrected chi connectivity index (χ3v) is 5.14. The fourth-order valence-electron chi connectivity index (χ4n) is 1.83. The Balaban J connectivity index is 2.03. The van der Waals surface area contributed by atoms with Gasteiger partial charge in [-0.3, -0.25) is 4.79 Å². The molecule has 0 heterocycles. The minimum absolute atomic E-state index is 0.0796. The summed E-state index contributed by atoms with van der Waals surface area (Å²) in [6, 6.07) is 9.07. The van der Waals surface area contributed by atoms with Gasteiger partial charge in [-0.15, -0.1) is 0 Å². The number of amides is 1. The highest BCUT2D eigenvalue weighted by atomic mass is 35.5. The van der Waals surface area contributed by atoms with Crippen LogP contribution in [0.25, 0.3) is 0 Å². The second kappa shape index (κ2) is 7.61. The summed E-state index contributed by atoms with van der Waals surface area (Å²) in [5.41, 5.74) is 0.844. The quantitative estimate of drug-likeness (QED) is 0.732. The fourth-order valence-corrected chi connectivity index (χ4v) is 3.09. The van der Waals surface area contributed by atoms with Crippen molar-refractivity contribution in [2.45, 2.75) is 4.90 Å². The number of anilines is 2. The Morgan fingerprint density at radius 3 is 2.38 bits per heavy atom. The summed E-state index contributed by atoms with van der Waals surface area (Å²) in [4.78, 5) is 12.2. The SMILES string of the molecule is CS(=O)(=O)c1cccc(NCC(=O)Nc2cc(Cl)c(Cl)cc2Cl)c1. The number of carbonyl (C=O) groups is 1. The smallest absolute Gasteiger partial charge is 0.243 e. The van der Waals surface area contributed by atoms with Crippen LogP contribution in [0, 0.1) is 0 Å². The van der Waals surface area contributed by atoms with E-state index < -0.39 is 9.84 Å². The first-order chi connectivity index (χ1) is 11.2. The van der Waals surface area contributed by atoms with Crippen molar-refractivity contribution in [2.24, 2.45) is 0 Å². The van der Waals surface area contributed by atoms with Gasteiger partial charge in [-0.05, 0) is 30.3 Å². The molecule has 9 heteroatoms. The molecular weight excluding hydrogens is 395 g/mol. The predicted molar refractivity (Wildman–Crippen MR) is 98.1 cm³/mol. The van der Waals surface area contributed by atoms with Crippen molar-refractivity contribution >= 4 is 61.9 Å². The molecule has 0 aliphatic carbocycles. The van der Waals surface area contributed by atoms with Gasteiger partial charge in [-0.2, -0.15) is 0 Å². The van der Waals surface area contributed by atoms with E-state index >= 15 is 0 Å². The highest BCUT2D eigenvalue weighted by Crippen LogP contribution is 2.32. The van der Waals surface area contributed by atoms with Crippen molar-refractivity contribution in [3.05, 3.63) is 51.5 Å². The van der Waals surface area contributed by atoms with Gasteiger partial charge < -0.3 is 10.6 Å². The van der Waals surface area contributed by atoms with Crippen molar-refractivity contribution in [3.63, 3.8) is 0 Å². The Labute approximate surface area is 154 Å². The molecule has 24 heavy (non-hydrogen) atoms. The van der Waals surface area contributed by atoms with Crippen LogP contribution in [-0.4, -0.2) is 27.1 Å². The summed E-state index contributed by atoms with van der Waals surface area (Å²) < 4.78 is 23.0. The van der Waals surface area contributed by atoms with Crippen molar-refractivity contribution in [1.29, 1.82) is 0 Å². The summed E-state index contributed by atoms with van der Waals surface area (Å²) in [6.45, 7) is -0.0796. The Bertz CT molecular complexity index is 886. The first-order valence-electron chi connectivity index (χ1n) is 6.65. The summed E-state index contributed by atoms with van der Waals surface area (Å²) in [5.74, 6) is -0.375. The van der Waals surface area contributed by atoms with Gasteiger partial charge >= 0.3 is 0 Å². The Morgan fingerprint density at radius 1 is 1.04 bits per heavy atom. The normalized spacial score (nSPS) is 11.2. The van der Waals surface area contributed by atoms with Crippen LogP contribution in [0.2, 0.25) is 15.1 Å². The van der Waals surface area contributed by atoms with Crippen LogP contribution in [0.4, 0.5) is 11.4 Å². The first-order valence-corrected chi connectivity index (χ1v) is 9.68. The largest absolute Gasteiger partial charge is 0.376 e. The third kappa shape index (κ3) is 5.01. The summed E-state index contributed by atoms with van der Waals surface area (Å²) in [6.07, 6.45) is 1.12. The number of sulfone groups is 1. The molecule has 0 aliphatic rings. The average Bonchev–Trinajstić information content (AvgIpc) is 2.50. The molecule has 0 saturated carbocycles. The monoisotopic (exact) mass is 406 g/mol. The van der Waals surface area contributed by atoms with Crippen LogP contribution in [0.5, 0.6) is 0 Å². The fraction of sp³-hybridized carbons (Fsp3) is 0.133. The van der Waals surface area contributed by atoms with Gasteiger partial charge in [0.15, 0.2) is 9.84 Å². The van der Waals surface area contributed by atoms with E-state index in [1.165, 1.54) is 24.3 Å². The third-order valence-electron chi connectivity index (χ3n) is 3.00. The number of carbonyl (C=O) groups excluding carboxylic acids is 1. The minimum atomic E-state index is -3.31. The average molecular weight is 408 g/mol. The number of halogens is 3. The number of hydrogen-bond donors (Lipinski definition) is 2. The molecule has 0 atom stereocenters. The van der Waals surface area contributed by atoms with Gasteiger partial charge in [0.2, 0.25) is 5.91 Å². The summed E-state index contributed by atoms with van der Waals surface area (Å²) >= 11 is 17.7. The van der Waals surface area contributed by atoms with E-state index in [4.69, 9.17) is 34.8 Å². The predicted octanol–water partition coefficient (Wildman–Crippen LogP) is 4.10. The molecule has 128 valence electrons. The van der Waals surface area contributed by atoms with Crippen molar-refractivity contribution in [2.75, 3.05) is 23.4 Å². The molecule has 0 unspecified atom stereocenters. The van der Waals surface area contributed by atoms with E-state index in [1.54, 1.807) is 12.1 Å². The van der Waals surface area contributed by atoms with Crippen LogP contribution in [-0.2, 0) is 14.6 Å². The maximum absolute atomic E-state index is 12.0. The molecule has 2 N–H and O–H groups in total. The number of hydrogen-bond acceptors (Lipinski definition) is 4. The molecule has 2 rings (SSSR count). The van der Waals surface area contributed by atoms with Crippen LogP contribution in [0.15, 0.2) is 41.3 Å². The molecule has 0 radical (unpaired) electrons. The highest BCUT2D eigenvalue weighted by molar-refractivity contribution is 7.90. The first kappa shape index (κ1) is 18.9. The second-order valence-electron chi connectivity index (χ2n) is 4.95. The van der Waals surface area contributed by atoms with Gasteiger partial charge in [0.05, 0.1) is 32.2 Å². The molecule has 0 bridgehead atoms. The van der Waals surface area contributed by atoms with Crippen LogP contribution in [0.3, 0.4) is 0 Å². The standard InChI is InChI=1S/C15H13Cl3N2O3S/c1-24(22,23)10-4-2-3-9(5-10)19-8-15(21)20-14-7-12(17)11(16)6-13(14)18/h2-7,19H,8H2,1H3,(H,20,21). The lowest BCUT2D eigenvalue weighted by Gasteiger charge is -2.10. The molecule has 2 aromatic rings. The molecule has 0 saturated heterocycles. The molecule has 0 aliphatic heterocycles. The van der Waals surface area contributed by atoms with Gasteiger partial charge in [0.1, 0.15) is 0 Å². The molecule has 0 aromatic heterocycles. The Morgan fingerprint density at radius 2 is 1.71 bits per heavy atom. The van der Waals surface area contributed by atoms with E-state index in [0.29, 0.717) is 11.4 Å². The minimum Gasteiger partial charge on any atom is -0.376 e. The van der Waals surface area contributed by atoms with E-state index in [-0.39, 0.29) is 32.4 Å². The van der Waals surface area contributed by atoms with Gasteiger partial charge in [-0.1, -0.05) is 40.9 Å². The maximum Gasteiger partial charge on any atom is 0.243 e. The highest BCUT2D eigenvalue weighted by Gasteiger charge is 2.11. The van der Waals surface area contributed by atoms with E-state index in [9.17, 15) is 13.2 Å². The lowest BCUT2D eigenvalue weighted by molar-refractivity contribution is -0.114. The molecule has 2 aromatic carbocycles. The lowest BCUT2D eigenvalue weighted by Crippen LogP contribution is -2.22. The number of rotatable bonds is 5. The zero-order valence-electron chi connectivity index (χ0n) is 12.4. The molecule has 0 spiro atoms. The van der Waals surface area contributed by atoms with E-state index in [0.717, 1.165) is 6.26 Å². The van der Waals surface area contributed by atoms with Gasteiger partial charge in [0.25, 0.3) is 0 Å². The zero-order valence-corrected chi connectivity index (χ0v) is 15.5. The molecular formula is C15H13Cl3N2O3S. The lowest BCUT2D eigenvalue weighted by atomic mass is 10.3. The van der Waals surface area contributed by atoms with Crippen LogP contribution < -0.4 is 10.6 Å². The van der Waals surface area contributed by atoms with Crippen LogP contribution >= 0.6 is 34.8 Å². The van der Waals surface area contributed by atoms with E-state index in [1.807, 2.05) is 0 Å². The Kier molecular flexibility index (Phi) is 5.98. The Hall–Kier alpha value is -1.47. The van der Waals surface area contributed by atoms with E-state index in [2.05, 4.69) is 10.6 Å². The number of nitrogens with one attached hydrogen (secondary N) is 2. The maximum atomic E-state index is 12.0. The summed E-state index contributed by atoms with van der Waals surface area (Å²) in [5, 5.41) is 6.26. The van der Waals surface area contributed by atoms with Crippen molar-refractivity contribution < 1.29 is 13.2 Å². The topological polar surface area (TPSA) is 75.3 Å². The van der Waals surface area contributed by atoms with Crippen molar-refractivity contribution in [3.8, 4) is 0 Å². The van der Waals surface area contributed by atoms with Gasteiger partial charge in [0, 0.05) is 11.9 Å². The van der Waals surface area contributed by atoms with Crippen LogP contribution in [0.1, 0.15) is 0 Å². The van der Waals surface area contributed by atoms with Gasteiger partial charge in [-0.25, -0.2) is 8.42 Å². The van der Waals surface area contributed by atoms with Crippen molar-refractivity contribution in [1.82, 2.24) is 0 Å².